The van der Waals surface area contributed by atoms with Crippen molar-refractivity contribution in [3.8, 4) is 0 Å². The highest BCUT2D eigenvalue weighted by atomic mass is 16.3. The molecule has 1 aromatic carbocycles. The fourth-order valence-corrected chi connectivity index (χ4v) is 1.76. The summed E-state index contributed by atoms with van der Waals surface area (Å²) in [6.45, 7) is 2.23. The van der Waals surface area contributed by atoms with E-state index in [-0.39, 0.29) is 5.56 Å². The van der Waals surface area contributed by atoms with Crippen molar-refractivity contribution in [1.82, 2.24) is 9.97 Å². The Kier molecular flexibility index (Phi) is 4.30. The van der Waals surface area contributed by atoms with Gasteiger partial charge in [0.25, 0.3) is 5.56 Å². The van der Waals surface area contributed by atoms with Gasteiger partial charge in [0, 0.05) is 19.0 Å². The number of aliphatic hydroxyl groups is 1. The van der Waals surface area contributed by atoms with Crippen LogP contribution in [0.4, 0.5) is 5.82 Å². The zero-order valence-electron chi connectivity index (χ0n) is 10.8. The van der Waals surface area contributed by atoms with E-state index in [1.54, 1.807) is 0 Å². The van der Waals surface area contributed by atoms with E-state index in [9.17, 15) is 9.90 Å². The molecule has 0 bridgehead atoms. The fraction of sp³-hybridized carbons (Fsp3) is 0.286. The third kappa shape index (κ3) is 3.66. The molecule has 2 aromatic rings. The number of hydrogen-bond donors (Lipinski definition) is 3. The molecule has 1 unspecified atom stereocenters. The third-order valence-electron chi connectivity index (χ3n) is 2.79. The molecular weight excluding hydrogens is 242 g/mol. The average molecular weight is 259 g/mol. The molecule has 5 heteroatoms. The van der Waals surface area contributed by atoms with Crippen molar-refractivity contribution < 1.29 is 5.11 Å². The maximum absolute atomic E-state index is 11.4. The van der Waals surface area contributed by atoms with Crippen LogP contribution in [0.25, 0.3) is 0 Å². The molecule has 0 saturated carbocycles. The molecular formula is C14H17N3O2. The lowest BCUT2D eigenvalue weighted by atomic mass is 10.1. The van der Waals surface area contributed by atoms with Crippen LogP contribution in [0.1, 0.15) is 24.4 Å². The number of aliphatic hydroxyl groups excluding tert-OH is 1. The Bertz CT molecular complexity index is 581. The van der Waals surface area contributed by atoms with E-state index in [1.165, 1.54) is 6.07 Å². The monoisotopic (exact) mass is 259 g/mol. The Morgan fingerprint density at radius 3 is 2.79 bits per heavy atom. The van der Waals surface area contributed by atoms with Crippen molar-refractivity contribution in [1.29, 1.82) is 0 Å². The largest absolute Gasteiger partial charge is 0.387 e. The number of anilines is 1. The van der Waals surface area contributed by atoms with E-state index in [0.717, 1.165) is 5.56 Å². The molecule has 0 saturated heterocycles. The number of rotatable bonds is 5. The van der Waals surface area contributed by atoms with Gasteiger partial charge >= 0.3 is 0 Å². The van der Waals surface area contributed by atoms with Crippen molar-refractivity contribution in [3.05, 3.63) is 58.1 Å². The lowest BCUT2D eigenvalue weighted by molar-refractivity contribution is 0.191. The van der Waals surface area contributed by atoms with Crippen molar-refractivity contribution in [3.63, 3.8) is 0 Å². The van der Waals surface area contributed by atoms with Gasteiger partial charge < -0.3 is 15.4 Å². The molecule has 0 aliphatic heterocycles. The van der Waals surface area contributed by atoms with Gasteiger partial charge in [-0.25, -0.2) is 4.98 Å². The van der Waals surface area contributed by atoms with Gasteiger partial charge in [0.1, 0.15) is 11.6 Å². The summed E-state index contributed by atoms with van der Waals surface area (Å²) in [6.07, 6.45) is 0.0267. The third-order valence-corrected chi connectivity index (χ3v) is 2.79. The average Bonchev–Trinajstić information content (AvgIpc) is 2.45. The minimum atomic E-state index is -0.632. The lowest BCUT2D eigenvalue weighted by Crippen LogP contribution is -2.17. The van der Waals surface area contributed by atoms with Crippen molar-refractivity contribution in [2.75, 3.05) is 11.9 Å². The van der Waals surface area contributed by atoms with Gasteiger partial charge in [0.15, 0.2) is 0 Å². The number of aromatic amines is 1. The summed E-state index contributed by atoms with van der Waals surface area (Å²) < 4.78 is 0. The second-order valence-electron chi connectivity index (χ2n) is 4.24. The minimum absolute atomic E-state index is 0.191. The maximum atomic E-state index is 11.4. The highest BCUT2D eigenvalue weighted by Crippen LogP contribution is 2.12. The minimum Gasteiger partial charge on any atom is -0.387 e. The zero-order valence-corrected chi connectivity index (χ0v) is 10.8. The Hall–Kier alpha value is -2.14. The first-order chi connectivity index (χ1) is 9.19. The van der Waals surface area contributed by atoms with Crippen LogP contribution in [0, 0.1) is 0 Å². The zero-order chi connectivity index (χ0) is 13.7. The lowest BCUT2D eigenvalue weighted by Gasteiger charge is -2.12. The van der Waals surface area contributed by atoms with Crippen LogP contribution in [0.2, 0.25) is 0 Å². The first kappa shape index (κ1) is 13.3. The van der Waals surface area contributed by atoms with Gasteiger partial charge in [-0.1, -0.05) is 37.3 Å². The first-order valence-electron chi connectivity index (χ1n) is 6.26. The maximum Gasteiger partial charge on any atom is 0.252 e. The predicted octanol–water partition coefficient (Wildman–Crippen LogP) is 1.48. The molecule has 100 valence electrons. The molecule has 0 aliphatic rings. The molecule has 0 spiro atoms. The van der Waals surface area contributed by atoms with Gasteiger partial charge in [-0.3, -0.25) is 4.79 Å². The summed E-state index contributed by atoms with van der Waals surface area (Å²) in [5.74, 6) is 1.11. The predicted molar refractivity (Wildman–Crippen MR) is 74.1 cm³/mol. The highest BCUT2D eigenvalue weighted by Gasteiger charge is 2.07. The van der Waals surface area contributed by atoms with Gasteiger partial charge in [-0.05, 0) is 5.56 Å². The van der Waals surface area contributed by atoms with E-state index >= 15 is 0 Å². The van der Waals surface area contributed by atoms with Crippen LogP contribution in [-0.2, 0) is 6.42 Å². The van der Waals surface area contributed by atoms with Crippen LogP contribution >= 0.6 is 0 Å². The molecule has 2 rings (SSSR count). The number of aromatic nitrogens is 2. The van der Waals surface area contributed by atoms with Crippen LogP contribution < -0.4 is 10.9 Å². The van der Waals surface area contributed by atoms with E-state index in [1.807, 2.05) is 37.3 Å². The summed E-state index contributed by atoms with van der Waals surface area (Å²) in [4.78, 5) is 18.3. The summed E-state index contributed by atoms with van der Waals surface area (Å²) in [7, 11) is 0. The molecule has 1 atom stereocenters. The highest BCUT2D eigenvalue weighted by molar-refractivity contribution is 5.34. The van der Waals surface area contributed by atoms with Crippen LogP contribution in [0.15, 0.2) is 41.2 Å². The van der Waals surface area contributed by atoms with E-state index in [2.05, 4.69) is 15.3 Å². The molecule has 3 N–H and O–H groups in total. The number of hydrogen-bond acceptors (Lipinski definition) is 4. The quantitative estimate of drug-likeness (QED) is 0.760. The van der Waals surface area contributed by atoms with Gasteiger partial charge in [-0.15, -0.1) is 0 Å². The number of aryl methyl sites for hydroxylation is 1. The fourth-order valence-electron chi connectivity index (χ4n) is 1.76. The summed E-state index contributed by atoms with van der Waals surface area (Å²) in [6, 6.07) is 10.7. The number of benzene rings is 1. The summed E-state index contributed by atoms with van der Waals surface area (Å²) in [5.41, 5.74) is 0.638. The summed E-state index contributed by atoms with van der Waals surface area (Å²) in [5, 5.41) is 13.0. The second-order valence-corrected chi connectivity index (χ2v) is 4.24. The Morgan fingerprint density at radius 2 is 2.11 bits per heavy atom. The molecule has 0 radical (unpaired) electrons. The van der Waals surface area contributed by atoms with Crippen LogP contribution in [0.5, 0.6) is 0 Å². The Labute approximate surface area is 111 Å². The molecule has 0 fully saturated rings. The molecule has 5 nitrogen and oxygen atoms in total. The normalized spacial score (nSPS) is 12.1. The molecule has 0 aliphatic carbocycles. The smallest absolute Gasteiger partial charge is 0.252 e. The number of H-pyrrole nitrogens is 1. The van der Waals surface area contributed by atoms with Crippen molar-refractivity contribution in [2.45, 2.75) is 19.4 Å². The van der Waals surface area contributed by atoms with Crippen LogP contribution in [0.3, 0.4) is 0 Å². The molecule has 0 amide bonds. The van der Waals surface area contributed by atoms with E-state index < -0.39 is 6.10 Å². The van der Waals surface area contributed by atoms with E-state index in [4.69, 9.17) is 0 Å². The topological polar surface area (TPSA) is 78.0 Å². The molecule has 1 aromatic heterocycles. The molecule has 19 heavy (non-hydrogen) atoms. The van der Waals surface area contributed by atoms with Crippen LogP contribution in [-0.4, -0.2) is 21.6 Å². The van der Waals surface area contributed by atoms with Crippen molar-refractivity contribution in [2.24, 2.45) is 0 Å². The Balaban J connectivity index is 2.03. The molecule has 1 heterocycles. The van der Waals surface area contributed by atoms with Gasteiger partial charge in [-0.2, -0.15) is 0 Å². The first-order valence-corrected chi connectivity index (χ1v) is 6.26. The van der Waals surface area contributed by atoms with Crippen molar-refractivity contribution >= 4 is 5.82 Å². The van der Waals surface area contributed by atoms with E-state index in [0.29, 0.717) is 24.6 Å². The number of nitrogens with zero attached hydrogens (tertiary/aromatic N) is 1. The standard InChI is InChI=1S/C14H17N3O2/c1-2-12-16-13(8-14(19)17-12)15-9-11(18)10-6-4-3-5-7-10/h3-8,11,18H,2,9H2,1H3,(H2,15,16,17,19). The van der Waals surface area contributed by atoms with Gasteiger partial charge in [0.2, 0.25) is 0 Å². The van der Waals surface area contributed by atoms with Gasteiger partial charge in [0.05, 0.1) is 6.10 Å². The summed E-state index contributed by atoms with van der Waals surface area (Å²) >= 11 is 0. The Morgan fingerprint density at radius 1 is 1.37 bits per heavy atom. The number of nitrogens with one attached hydrogen (secondary N) is 2. The second kappa shape index (κ2) is 6.15. The SMILES string of the molecule is CCc1nc(NCC(O)c2ccccc2)cc(=O)[nH]1.